The van der Waals surface area contributed by atoms with Crippen LogP contribution >= 0.6 is 11.6 Å². The summed E-state index contributed by atoms with van der Waals surface area (Å²) in [5, 5.41) is 4.27. The molecule has 0 aliphatic rings. The maximum Gasteiger partial charge on any atom is 0.0478 e. The first-order valence-corrected chi connectivity index (χ1v) is 7.25. The Bertz CT molecular complexity index is 589. The fourth-order valence-corrected chi connectivity index (χ4v) is 2.30. The van der Waals surface area contributed by atoms with Gasteiger partial charge in [-0.3, -0.25) is 0 Å². The molecule has 1 N–H and O–H groups in total. The van der Waals surface area contributed by atoms with Crippen molar-refractivity contribution in [3.63, 3.8) is 0 Å². The van der Waals surface area contributed by atoms with Crippen molar-refractivity contribution >= 4 is 17.7 Å². The zero-order valence-corrected chi connectivity index (χ0v) is 12.7. The number of benzene rings is 2. The third kappa shape index (κ3) is 4.22. The van der Waals surface area contributed by atoms with E-state index in [4.69, 9.17) is 11.6 Å². The van der Waals surface area contributed by atoms with Crippen LogP contribution in [0.1, 0.15) is 29.7 Å². The van der Waals surface area contributed by atoms with E-state index in [0.717, 1.165) is 17.1 Å². The third-order valence-electron chi connectivity index (χ3n) is 3.29. The van der Waals surface area contributed by atoms with E-state index in [2.05, 4.69) is 55.6 Å². The lowest BCUT2D eigenvalue weighted by Crippen LogP contribution is -2.18. The molecule has 0 heterocycles. The van der Waals surface area contributed by atoms with Crippen LogP contribution in [-0.2, 0) is 0 Å². The molecule has 0 aliphatic heterocycles. The maximum absolute atomic E-state index is 6.11. The van der Waals surface area contributed by atoms with Crippen LogP contribution in [0.4, 0.5) is 0 Å². The molecule has 0 saturated heterocycles. The molecule has 20 heavy (non-hydrogen) atoms. The van der Waals surface area contributed by atoms with Crippen LogP contribution in [0.3, 0.4) is 0 Å². The number of nitrogens with one attached hydrogen (secondary N) is 1. The molecule has 0 saturated carbocycles. The van der Waals surface area contributed by atoms with Crippen molar-refractivity contribution < 1.29 is 0 Å². The average Bonchev–Trinajstić information content (AvgIpc) is 2.45. The number of rotatable bonds is 5. The van der Waals surface area contributed by atoms with Crippen LogP contribution in [0.5, 0.6) is 0 Å². The minimum Gasteiger partial charge on any atom is -0.307 e. The van der Waals surface area contributed by atoms with E-state index < -0.39 is 0 Å². The summed E-state index contributed by atoms with van der Waals surface area (Å²) in [5.41, 5.74) is 3.66. The highest BCUT2D eigenvalue weighted by atomic mass is 35.5. The monoisotopic (exact) mass is 285 g/mol. The van der Waals surface area contributed by atoms with E-state index >= 15 is 0 Å². The molecule has 2 aromatic carbocycles. The molecule has 2 rings (SSSR count). The summed E-state index contributed by atoms with van der Waals surface area (Å²) < 4.78 is 0. The largest absolute Gasteiger partial charge is 0.307 e. The van der Waals surface area contributed by atoms with E-state index in [1.165, 1.54) is 11.1 Å². The summed E-state index contributed by atoms with van der Waals surface area (Å²) in [6, 6.07) is 16.8. The molecule has 2 aromatic rings. The molecule has 0 spiro atoms. The van der Waals surface area contributed by atoms with Gasteiger partial charge in [-0.05, 0) is 31.0 Å². The Labute approximate surface area is 126 Å². The predicted octanol–water partition coefficient (Wildman–Crippen LogP) is 5.01. The fraction of sp³-hybridized carbons (Fsp3) is 0.222. The van der Waals surface area contributed by atoms with E-state index in [0.29, 0.717) is 6.04 Å². The minimum atomic E-state index is 0.339. The third-order valence-corrected chi connectivity index (χ3v) is 3.63. The Balaban J connectivity index is 1.88. The standard InChI is InChI=1S/C18H20ClN/c1-14-7-5-9-17(13-14)15(2)20-12-6-10-16-8-3-4-11-18(16)19/h3-11,13,15,20H,12H2,1-2H3/b10-6+/t15-/m1/s1. The highest BCUT2D eigenvalue weighted by molar-refractivity contribution is 6.32. The summed E-state index contributed by atoms with van der Waals surface area (Å²) in [5.74, 6) is 0. The minimum absolute atomic E-state index is 0.339. The fourth-order valence-electron chi connectivity index (χ4n) is 2.10. The van der Waals surface area contributed by atoms with Gasteiger partial charge in [-0.1, -0.05) is 71.8 Å². The Morgan fingerprint density at radius 1 is 1.15 bits per heavy atom. The van der Waals surface area contributed by atoms with Crippen molar-refractivity contribution in [1.29, 1.82) is 0 Å². The molecule has 0 amide bonds. The molecule has 1 atom stereocenters. The highest BCUT2D eigenvalue weighted by Crippen LogP contribution is 2.16. The topological polar surface area (TPSA) is 12.0 Å². The summed E-state index contributed by atoms with van der Waals surface area (Å²) >= 11 is 6.11. The van der Waals surface area contributed by atoms with E-state index in [-0.39, 0.29) is 0 Å². The van der Waals surface area contributed by atoms with E-state index in [1.807, 2.05) is 24.3 Å². The molecular formula is C18H20ClN. The van der Waals surface area contributed by atoms with Crippen molar-refractivity contribution in [3.05, 3.63) is 76.3 Å². The second kappa shape index (κ2) is 7.28. The number of hydrogen-bond acceptors (Lipinski definition) is 1. The summed E-state index contributed by atoms with van der Waals surface area (Å²) in [7, 11) is 0. The van der Waals surface area contributed by atoms with Crippen molar-refractivity contribution in [2.24, 2.45) is 0 Å². The Morgan fingerprint density at radius 2 is 1.95 bits per heavy atom. The summed E-state index contributed by atoms with van der Waals surface area (Å²) in [6.45, 7) is 5.12. The van der Waals surface area contributed by atoms with Gasteiger partial charge in [0, 0.05) is 17.6 Å². The Hall–Kier alpha value is -1.57. The first kappa shape index (κ1) is 14.8. The highest BCUT2D eigenvalue weighted by Gasteiger charge is 2.02. The van der Waals surface area contributed by atoms with Crippen molar-refractivity contribution in [3.8, 4) is 0 Å². The summed E-state index contributed by atoms with van der Waals surface area (Å²) in [4.78, 5) is 0. The van der Waals surface area contributed by atoms with Gasteiger partial charge in [0.1, 0.15) is 0 Å². The van der Waals surface area contributed by atoms with Gasteiger partial charge in [0.15, 0.2) is 0 Å². The van der Waals surface area contributed by atoms with Gasteiger partial charge >= 0.3 is 0 Å². The number of hydrogen-bond donors (Lipinski definition) is 1. The van der Waals surface area contributed by atoms with Gasteiger partial charge in [-0.2, -0.15) is 0 Å². The van der Waals surface area contributed by atoms with Crippen LogP contribution in [-0.4, -0.2) is 6.54 Å². The van der Waals surface area contributed by atoms with Gasteiger partial charge in [0.25, 0.3) is 0 Å². The van der Waals surface area contributed by atoms with Crippen molar-refractivity contribution in [2.45, 2.75) is 19.9 Å². The van der Waals surface area contributed by atoms with Crippen LogP contribution in [0.25, 0.3) is 6.08 Å². The average molecular weight is 286 g/mol. The lowest BCUT2D eigenvalue weighted by molar-refractivity contribution is 0.617. The second-order valence-corrected chi connectivity index (χ2v) is 5.38. The second-order valence-electron chi connectivity index (χ2n) is 4.97. The molecule has 0 bridgehead atoms. The SMILES string of the molecule is Cc1cccc([C@@H](C)NC/C=C/c2ccccc2Cl)c1. The Morgan fingerprint density at radius 3 is 2.70 bits per heavy atom. The van der Waals surface area contributed by atoms with Crippen molar-refractivity contribution in [1.82, 2.24) is 5.32 Å². The molecule has 1 nitrogen and oxygen atoms in total. The molecule has 0 aromatic heterocycles. The van der Waals surface area contributed by atoms with Crippen LogP contribution in [0, 0.1) is 6.92 Å². The zero-order valence-electron chi connectivity index (χ0n) is 11.9. The van der Waals surface area contributed by atoms with Crippen molar-refractivity contribution in [2.75, 3.05) is 6.54 Å². The quantitative estimate of drug-likeness (QED) is 0.814. The lowest BCUT2D eigenvalue weighted by atomic mass is 10.1. The lowest BCUT2D eigenvalue weighted by Gasteiger charge is -2.13. The Kier molecular flexibility index (Phi) is 5.40. The first-order valence-electron chi connectivity index (χ1n) is 6.88. The number of aryl methyl sites for hydroxylation is 1. The molecule has 0 aliphatic carbocycles. The first-order chi connectivity index (χ1) is 9.66. The molecule has 104 valence electrons. The van der Waals surface area contributed by atoms with Crippen LogP contribution < -0.4 is 5.32 Å². The molecule has 0 unspecified atom stereocenters. The molecular weight excluding hydrogens is 266 g/mol. The normalized spacial score (nSPS) is 12.8. The van der Waals surface area contributed by atoms with Crippen LogP contribution in [0.2, 0.25) is 5.02 Å². The van der Waals surface area contributed by atoms with Gasteiger partial charge in [-0.15, -0.1) is 0 Å². The maximum atomic E-state index is 6.11. The predicted molar refractivity (Wildman–Crippen MR) is 88.1 cm³/mol. The van der Waals surface area contributed by atoms with Gasteiger partial charge in [0.2, 0.25) is 0 Å². The van der Waals surface area contributed by atoms with Gasteiger partial charge in [0.05, 0.1) is 0 Å². The smallest absolute Gasteiger partial charge is 0.0478 e. The molecule has 0 fully saturated rings. The van der Waals surface area contributed by atoms with E-state index in [9.17, 15) is 0 Å². The molecule has 0 radical (unpaired) electrons. The summed E-state index contributed by atoms with van der Waals surface area (Å²) in [6.07, 6.45) is 4.16. The zero-order chi connectivity index (χ0) is 14.4. The molecule has 2 heteroatoms. The van der Waals surface area contributed by atoms with Gasteiger partial charge < -0.3 is 5.32 Å². The van der Waals surface area contributed by atoms with E-state index in [1.54, 1.807) is 0 Å². The van der Waals surface area contributed by atoms with Gasteiger partial charge in [-0.25, -0.2) is 0 Å². The van der Waals surface area contributed by atoms with Crippen LogP contribution in [0.15, 0.2) is 54.6 Å². The number of halogens is 1.